The number of carbonyl (C=O) groups is 2. The molecule has 1 aromatic heterocycles. The number of esters is 1. The molecule has 1 N–H and O–H groups in total. The van der Waals surface area contributed by atoms with Crippen LogP contribution in [-0.4, -0.2) is 23.0 Å². The van der Waals surface area contributed by atoms with E-state index in [0.29, 0.717) is 5.56 Å². The van der Waals surface area contributed by atoms with E-state index in [9.17, 15) is 9.59 Å². The molecule has 114 valence electrons. The monoisotopic (exact) mass is 298 g/mol. The summed E-state index contributed by atoms with van der Waals surface area (Å²) in [6.45, 7) is 3.53. The fraction of sp³-hybridized carbons (Fsp3) is 0.235. The fourth-order valence-electron chi connectivity index (χ4n) is 1.93. The number of amides is 1. The Kier molecular flexibility index (Phi) is 5.25. The van der Waals surface area contributed by atoms with Gasteiger partial charge in [-0.1, -0.05) is 36.4 Å². The highest BCUT2D eigenvalue weighted by Crippen LogP contribution is 2.16. The number of nitrogens with one attached hydrogen (secondary N) is 1. The summed E-state index contributed by atoms with van der Waals surface area (Å²) in [7, 11) is 0. The second-order valence-corrected chi connectivity index (χ2v) is 5.02. The summed E-state index contributed by atoms with van der Waals surface area (Å²) in [6.07, 6.45) is 1.27. The van der Waals surface area contributed by atoms with Gasteiger partial charge in [0.1, 0.15) is 5.69 Å². The molecule has 2 rings (SSSR count). The lowest BCUT2D eigenvalue weighted by Crippen LogP contribution is -2.36. The van der Waals surface area contributed by atoms with Gasteiger partial charge in [0.15, 0.2) is 6.04 Å². The summed E-state index contributed by atoms with van der Waals surface area (Å²) < 4.78 is 5.23. The topological polar surface area (TPSA) is 68.3 Å². The number of pyridine rings is 1. The number of hydrogen-bond donors (Lipinski definition) is 1. The van der Waals surface area contributed by atoms with E-state index in [4.69, 9.17) is 4.74 Å². The van der Waals surface area contributed by atoms with Crippen LogP contribution in [0.15, 0.2) is 54.7 Å². The van der Waals surface area contributed by atoms with E-state index >= 15 is 0 Å². The Bertz CT molecular complexity index is 627. The average Bonchev–Trinajstić information content (AvgIpc) is 2.53. The van der Waals surface area contributed by atoms with Crippen molar-refractivity contribution < 1.29 is 14.3 Å². The van der Waals surface area contributed by atoms with Crippen LogP contribution in [0.4, 0.5) is 0 Å². The van der Waals surface area contributed by atoms with E-state index < -0.39 is 17.9 Å². The van der Waals surface area contributed by atoms with Crippen molar-refractivity contribution in [1.29, 1.82) is 0 Å². The van der Waals surface area contributed by atoms with Crippen LogP contribution in [0.3, 0.4) is 0 Å². The summed E-state index contributed by atoms with van der Waals surface area (Å²) in [5.41, 5.74) is 0.915. The first-order valence-corrected chi connectivity index (χ1v) is 7.05. The summed E-state index contributed by atoms with van der Waals surface area (Å²) in [6, 6.07) is 13.1. The highest BCUT2D eigenvalue weighted by atomic mass is 16.5. The quantitative estimate of drug-likeness (QED) is 0.861. The zero-order chi connectivity index (χ0) is 15.9. The number of nitrogens with zero attached hydrogens (tertiary/aromatic N) is 1. The lowest BCUT2D eigenvalue weighted by Gasteiger charge is -2.19. The standard InChI is InChI=1S/C17H18N2O3/c1-12(2)22-17(21)15(13-8-4-3-5-9-13)19-16(20)14-10-6-7-11-18-14/h3-12,15H,1-2H3,(H,19,20). The van der Waals surface area contributed by atoms with Crippen molar-refractivity contribution in [2.45, 2.75) is 26.0 Å². The largest absolute Gasteiger partial charge is 0.461 e. The summed E-state index contributed by atoms with van der Waals surface area (Å²) in [5.74, 6) is -0.916. The number of hydrogen-bond acceptors (Lipinski definition) is 4. The minimum atomic E-state index is -0.863. The van der Waals surface area contributed by atoms with E-state index in [0.717, 1.165) is 0 Å². The third-order valence-electron chi connectivity index (χ3n) is 2.89. The molecule has 5 heteroatoms. The first-order valence-electron chi connectivity index (χ1n) is 7.05. The summed E-state index contributed by atoms with van der Waals surface area (Å²) in [5, 5.41) is 2.68. The molecular formula is C17H18N2O3. The van der Waals surface area contributed by atoms with Crippen LogP contribution >= 0.6 is 0 Å². The zero-order valence-corrected chi connectivity index (χ0v) is 12.5. The van der Waals surface area contributed by atoms with Crippen LogP contribution in [0, 0.1) is 0 Å². The highest BCUT2D eigenvalue weighted by molar-refractivity contribution is 5.95. The van der Waals surface area contributed by atoms with Crippen molar-refractivity contribution in [2.24, 2.45) is 0 Å². The Morgan fingerprint density at radius 3 is 2.32 bits per heavy atom. The van der Waals surface area contributed by atoms with Crippen molar-refractivity contribution in [3.05, 3.63) is 66.0 Å². The Hall–Kier alpha value is -2.69. The van der Waals surface area contributed by atoms with Crippen molar-refractivity contribution in [2.75, 3.05) is 0 Å². The van der Waals surface area contributed by atoms with Crippen LogP contribution in [0.25, 0.3) is 0 Å². The number of aromatic nitrogens is 1. The van der Waals surface area contributed by atoms with Crippen LogP contribution in [0.1, 0.15) is 35.9 Å². The minimum absolute atomic E-state index is 0.251. The molecule has 1 unspecified atom stereocenters. The third kappa shape index (κ3) is 4.15. The molecule has 1 atom stereocenters. The maximum absolute atomic E-state index is 12.3. The van der Waals surface area contributed by atoms with Gasteiger partial charge in [-0.15, -0.1) is 0 Å². The zero-order valence-electron chi connectivity index (χ0n) is 12.5. The molecule has 0 radical (unpaired) electrons. The van der Waals surface area contributed by atoms with Crippen molar-refractivity contribution >= 4 is 11.9 Å². The molecule has 0 saturated heterocycles. The molecule has 0 aliphatic heterocycles. The Morgan fingerprint density at radius 2 is 1.73 bits per heavy atom. The van der Waals surface area contributed by atoms with Gasteiger partial charge in [-0.2, -0.15) is 0 Å². The molecule has 0 bridgehead atoms. The molecule has 0 fully saturated rings. The number of ether oxygens (including phenoxy) is 1. The van der Waals surface area contributed by atoms with Gasteiger partial charge in [0.05, 0.1) is 6.10 Å². The van der Waals surface area contributed by atoms with Gasteiger partial charge in [0.25, 0.3) is 5.91 Å². The van der Waals surface area contributed by atoms with Crippen LogP contribution in [0.2, 0.25) is 0 Å². The van der Waals surface area contributed by atoms with Crippen LogP contribution in [-0.2, 0) is 9.53 Å². The normalized spacial score (nSPS) is 11.8. The molecule has 2 aromatic rings. The lowest BCUT2D eigenvalue weighted by molar-refractivity contribution is -0.149. The fourth-order valence-corrected chi connectivity index (χ4v) is 1.93. The molecule has 5 nitrogen and oxygen atoms in total. The summed E-state index contributed by atoms with van der Waals surface area (Å²) in [4.78, 5) is 28.5. The van der Waals surface area contributed by atoms with Gasteiger partial charge in [0, 0.05) is 6.20 Å². The van der Waals surface area contributed by atoms with Gasteiger partial charge < -0.3 is 10.1 Å². The number of rotatable bonds is 5. The minimum Gasteiger partial charge on any atom is -0.461 e. The Morgan fingerprint density at radius 1 is 1.05 bits per heavy atom. The molecular weight excluding hydrogens is 280 g/mol. The van der Waals surface area contributed by atoms with Crippen LogP contribution < -0.4 is 5.32 Å². The van der Waals surface area contributed by atoms with Gasteiger partial charge in [-0.25, -0.2) is 4.79 Å². The van der Waals surface area contributed by atoms with Crippen molar-refractivity contribution in [3.63, 3.8) is 0 Å². The first kappa shape index (κ1) is 15.7. The van der Waals surface area contributed by atoms with Gasteiger partial charge in [-0.3, -0.25) is 9.78 Å². The highest BCUT2D eigenvalue weighted by Gasteiger charge is 2.25. The smallest absolute Gasteiger partial charge is 0.333 e. The van der Waals surface area contributed by atoms with Crippen molar-refractivity contribution in [1.82, 2.24) is 10.3 Å². The molecule has 22 heavy (non-hydrogen) atoms. The predicted octanol–water partition coefficient (Wildman–Crippen LogP) is 2.50. The molecule has 1 amide bonds. The predicted molar refractivity (Wildman–Crippen MR) is 82.1 cm³/mol. The molecule has 0 aliphatic carbocycles. The van der Waals surface area contributed by atoms with E-state index in [1.807, 2.05) is 6.07 Å². The summed E-state index contributed by atoms with van der Waals surface area (Å²) >= 11 is 0. The van der Waals surface area contributed by atoms with E-state index in [1.165, 1.54) is 6.20 Å². The third-order valence-corrected chi connectivity index (χ3v) is 2.89. The molecule has 1 heterocycles. The number of benzene rings is 1. The van der Waals surface area contributed by atoms with E-state index in [1.54, 1.807) is 56.3 Å². The van der Waals surface area contributed by atoms with E-state index in [-0.39, 0.29) is 11.8 Å². The lowest BCUT2D eigenvalue weighted by atomic mass is 10.1. The van der Waals surface area contributed by atoms with Gasteiger partial charge >= 0.3 is 5.97 Å². The SMILES string of the molecule is CC(C)OC(=O)C(NC(=O)c1ccccn1)c1ccccc1. The van der Waals surface area contributed by atoms with Gasteiger partial charge in [0.2, 0.25) is 0 Å². The van der Waals surface area contributed by atoms with E-state index in [2.05, 4.69) is 10.3 Å². The molecule has 0 saturated carbocycles. The Labute approximate surface area is 129 Å². The first-order chi connectivity index (χ1) is 10.6. The molecule has 0 aliphatic rings. The second kappa shape index (κ2) is 7.36. The second-order valence-electron chi connectivity index (χ2n) is 5.02. The maximum atomic E-state index is 12.3. The Balaban J connectivity index is 2.21. The molecule has 0 spiro atoms. The molecule has 1 aromatic carbocycles. The average molecular weight is 298 g/mol. The number of carbonyl (C=O) groups excluding carboxylic acids is 2. The van der Waals surface area contributed by atoms with Crippen molar-refractivity contribution in [3.8, 4) is 0 Å². The maximum Gasteiger partial charge on any atom is 0.333 e. The van der Waals surface area contributed by atoms with Crippen LogP contribution in [0.5, 0.6) is 0 Å². The van der Waals surface area contributed by atoms with Gasteiger partial charge in [-0.05, 0) is 31.5 Å².